The summed E-state index contributed by atoms with van der Waals surface area (Å²) in [5, 5.41) is 11.9. The Labute approximate surface area is 123 Å². The lowest BCUT2D eigenvalue weighted by atomic mass is 10.2. The van der Waals surface area contributed by atoms with Gasteiger partial charge in [0.1, 0.15) is 5.75 Å². The van der Waals surface area contributed by atoms with Gasteiger partial charge < -0.3 is 4.74 Å². The molecule has 0 atom stereocenters. The number of nitrogens with one attached hydrogen (secondary N) is 1. The second kappa shape index (κ2) is 6.49. The summed E-state index contributed by atoms with van der Waals surface area (Å²) < 4.78 is 6.18. The minimum absolute atomic E-state index is 0.336. The number of benzene rings is 1. The lowest BCUT2D eigenvalue weighted by Gasteiger charge is -2.04. The summed E-state index contributed by atoms with van der Waals surface area (Å²) in [5.41, 5.74) is 3.60. The van der Waals surface area contributed by atoms with Gasteiger partial charge >= 0.3 is 0 Å². The topological polar surface area (TPSA) is 59.4 Å². The molecule has 0 saturated heterocycles. The van der Waals surface area contributed by atoms with Gasteiger partial charge in [-0.05, 0) is 30.3 Å². The fraction of sp³-hybridized carbons (Fsp3) is 0.0833. The monoisotopic (exact) mass is 340 g/mol. The first-order valence-corrected chi connectivity index (χ1v) is 6.48. The molecule has 1 N–H and O–H groups in total. The lowest BCUT2D eigenvalue weighted by molar-refractivity contribution is 0.414. The third-order valence-corrected chi connectivity index (χ3v) is 2.90. The predicted octanol–water partition coefficient (Wildman–Crippen LogP) is 3.35. The maximum Gasteiger partial charge on any atom is 0.168 e. The molecule has 0 bridgehead atoms. The van der Waals surface area contributed by atoms with E-state index < -0.39 is 0 Å². The second-order valence-electron chi connectivity index (χ2n) is 3.50. The molecule has 0 fully saturated rings. The largest absolute Gasteiger partial charge is 0.496 e. The highest BCUT2D eigenvalue weighted by Gasteiger charge is 2.00. The molecule has 0 saturated carbocycles. The summed E-state index contributed by atoms with van der Waals surface area (Å²) in [5.74, 6) is 1.24. The molecule has 0 spiro atoms. The zero-order valence-electron chi connectivity index (χ0n) is 9.97. The first-order chi connectivity index (χ1) is 9.19. The van der Waals surface area contributed by atoms with Crippen LogP contribution in [-0.4, -0.2) is 23.5 Å². The van der Waals surface area contributed by atoms with Crippen LogP contribution in [0.2, 0.25) is 5.15 Å². The Hall–Kier alpha value is -1.66. The van der Waals surface area contributed by atoms with Crippen molar-refractivity contribution in [3.05, 3.63) is 45.5 Å². The van der Waals surface area contributed by atoms with Crippen LogP contribution >= 0.6 is 27.5 Å². The SMILES string of the molecule is COc1ccc(Br)cc1C=NNc1ccc(Cl)nn1. The Morgan fingerprint density at radius 1 is 1.32 bits per heavy atom. The summed E-state index contributed by atoms with van der Waals surface area (Å²) in [6.07, 6.45) is 1.64. The van der Waals surface area contributed by atoms with E-state index in [0.29, 0.717) is 11.0 Å². The van der Waals surface area contributed by atoms with Gasteiger partial charge in [0.25, 0.3) is 0 Å². The van der Waals surface area contributed by atoms with Crippen molar-refractivity contribution < 1.29 is 4.74 Å². The van der Waals surface area contributed by atoms with Crippen LogP contribution in [0.3, 0.4) is 0 Å². The van der Waals surface area contributed by atoms with Crippen molar-refractivity contribution >= 4 is 39.6 Å². The summed E-state index contributed by atoms with van der Waals surface area (Å²) >= 11 is 9.03. The van der Waals surface area contributed by atoms with Crippen molar-refractivity contribution in [1.82, 2.24) is 10.2 Å². The van der Waals surface area contributed by atoms with E-state index in [2.05, 4.69) is 36.7 Å². The number of anilines is 1. The van der Waals surface area contributed by atoms with E-state index in [1.807, 2.05) is 18.2 Å². The van der Waals surface area contributed by atoms with Crippen molar-refractivity contribution in [1.29, 1.82) is 0 Å². The predicted molar refractivity (Wildman–Crippen MR) is 79.0 cm³/mol. The molecular formula is C12H10BrClN4O. The Bertz CT molecular complexity index is 589. The van der Waals surface area contributed by atoms with Crippen molar-refractivity contribution in [3.8, 4) is 5.75 Å². The minimum atomic E-state index is 0.336. The average Bonchev–Trinajstić information content (AvgIpc) is 2.41. The first-order valence-electron chi connectivity index (χ1n) is 5.31. The fourth-order valence-corrected chi connectivity index (χ4v) is 1.83. The van der Waals surface area contributed by atoms with Crippen LogP contribution in [0.5, 0.6) is 5.75 Å². The molecule has 1 heterocycles. The normalized spacial score (nSPS) is 10.7. The number of methoxy groups -OCH3 is 1. The summed E-state index contributed by atoms with van der Waals surface area (Å²) in [7, 11) is 1.61. The van der Waals surface area contributed by atoms with Crippen molar-refractivity contribution in [2.45, 2.75) is 0 Å². The Kier molecular flexibility index (Phi) is 4.70. The molecule has 2 rings (SSSR count). The third-order valence-electron chi connectivity index (χ3n) is 2.21. The number of ether oxygens (including phenoxy) is 1. The van der Waals surface area contributed by atoms with Crippen LogP contribution in [-0.2, 0) is 0 Å². The van der Waals surface area contributed by atoms with Gasteiger partial charge in [-0.3, -0.25) is 5.43 Å². The lowest BCUT2D eigenvalue weighted by Crippen LogP contribution is -1.96. The molecule has 0 aliphatic heterocycles. The molecule has 0 aliphatic carbocycles. The highest BCUT2D eigenvalue weighted by atomic mass is 79.9. The van der Waals surface area contributed by atoms with Crippen LogP contribution in [0.4, 0.5) is 5.82 Å². The Morgan fingerprint density at radius 3 is 2.84 bits per heavy atom. The molecule has 98 valence electrons. The molecule has 0 radical (unpaired) electrons. The average molecular weight is 342 g/mol. The van der Waals surface area contributed by atoms with E-state index in [9.17, 15) is 0 Å². The maximum absolute atomic E-state index is 5.64. The van der Waals surface area contributed by atoms with Crippen molar-refractivity contribution in [2.24, 2.45) is 5.10 Å². The molecule has 0 aliphatic rings. The number of nitrogens with zero attached hydrogens (tertiary/aromatic N) is 3. The number of hydrogen-bond acceptors (Lipinski definition) is 5. The van der Waals surface area contributed by atoms with E-state index in [0.717, 1.165) is 15.8 Å². The molecule has 2 aromatic rings. The zero-order valence-corrected chi connectivity index (χ0v) is 12.3. The first kappa shape index (κ1) is 13.8. The van der Waals surface area contributed by atoms with Gasteiger partial charge in [0.05, 0.1) is 13.3 Å². The molecule has 0 unspecified atom stereocenters. The van der Waals surface area contributed by atoms with Crippen LogP contribution < -0.4 is 10.2 Å². The standard InChI is InChI=1S/C12H10BrClN4O/c1-19-10-3-2-9(13)6-8(10)7-15-17-12-5-4-11(14)16-18-12/h2-7H,1H3,(H,17,18). The molecule has 1 aromatic heterocycles. The Balaban J connectivity index is 2.10. The Morgan fingerprint density at radius 2 is 2.16 bits per heavy atom. The molecule has 1 aromatic carbocycles. The van der Waals surface area contributed by atoms with E-state index in [1.165, 1.54) is 0 Å². The molecule has 7 heteroatoms. The van der Waals surface area contributed by atoms with Gasteiger partial charge in [-0.15, -0.1) is 10.2 Å². The van der Waals surface area contributed by atoms with Gasteiger partial charge in [0, 0.05) is 10.0 Å². The van der Waals surface area contributed by atoms with Gasteiger partial charge in [0.15, 0.2) is 11.0 Å². The number of halogens is 2. The van der Waals surface area contributed by atoms with Gasteiger partial charge in [-0.1, -0.05) is 27.5 Å². The summed E-state index contributed by atoms with van der Waals surface area (Å²) in [4.78, 5) is 0. The molecule has 0 amide bonds. The van der Waals surface area contributed by atoms with E-state index in [4.69, 9.17) is 16.3 Å². The quantitative estimate of drug-likeness (QED) is 0.684. The number of hydrazone groups is 1. The van der Waals surface area contributed by atoms with Crippen LogP contribution in [0, 0.1) is 0 Å². The van der Waals surface area contributed by atoms with E-state index in [-0.39, 0.29) is 0 Å². The highest BCUT2D eigenvalue weighted by Crippen LogP contribution is 2.21. The van der Waals surface area contributed by atoms with E-state index in [1.54, 1.807) is 25.5 Å². The van der Waals surface area contributed by atoms with Gasteiger partial charge in [-0.25, -0.2) is 0 Å². The van der Waals surface area contributed by atoms with Crippen LogP contribution in [0.15, 0.2) is 39.9 Å². The smallest absolute Gasteiger partial charge is 0.168 e. The summed E-state index contributed by atoms with van der Waals surface area (Å²) in [6.45, 7) is 0. The second-order valence-corrected chi connectivity index (χ2v) is 4.80. The number of hydrogen-bond donors (Lipinski definition) is 1. The third kappa shape index (κ3) is 3.90. The zero-order chi connectivity index (χ0) is 13.7. The fourth-order valence-electron chi connectivity index (χ4n) is 1.35. The van der Waals surface area contributed by atoms with Crippen LogP contribution in [0.1, 0.15) is 5.56 Å². The van der Waals surface area contributed by atoms with Crippen molar-refractivity contribution in [3.63, 3.8) is 0 Å². The minimum Gasteiger partial charge on any atom is -0.496 e. The van der Waals surface area contributed by atoms with Crippen molar-refractivity contribution in [2.75, 3.05) is 12.5 Å². The number of aromatic nitrogens is 2. The van der Waals surface area contributed by atoms with E-state index >= 15 is 0 Å². The van der Waals surface area contributed by atoms with Gasteiger partial charge in [0.2, 0.25) is 0 Å². The highest BCUT2D eigenvalue weighted by molar-refractivity contribution is 9.10. The number of rotatable bonds is 4. The molecule has 19 heavy (non-hydrogen) atoms. The van der Waals surface area contributed by atoms with Gasteiger partial charge in [-0.2, -0.15) is 5.10 Å². The van der Waals surface area contributed by atoms with Crippen LogP contribution in [0.25, 0.3) is 0 Å². The molecular weight excluding hydrogens is 332 g/mol. The molecule has 5 nitrogen and oxygen atoms in total. The summed E-state index contributed by atoms with van der Waals surface area (Å²) in [6, 6.07) is 8.97. The maximum atomic E-state index is 5.64.